The molecule has 3 aromatic rings. The molecule has 25 heavy (non-hydrogen) atoms. The molecule has 4 nitrogen and oxygen atoms in total. The van der Waals surface area contributed by atoms with Crippen molar-refractivity contribution in [2.45, 2.75) is 4.90 Å². The topological polar surface area (TPSA) is 49.4 Å². The van der Waals surface area contributed by atoms with Crippen LogP contribution in [0.2, 0.25) is 0 Å². The minimum absolute atomic E-state index is 0.0420. The van der Waals surface area contributed by atoms with Crippen LogP contribution < -0.4 is 9.62 Å². The van der Waals surface area contributed by atoms with Crippen LogP contribution in [-0.4, -0.2) is 22.5 Å². The Balaban J connectivity index is 2.11. The SMILES string of the molecule is CN(C)c1cccc2c(S(=O)(=O)Nc3ccc(F)c(F)c3)cccc12. The summed E-state index contributed by atoms with van der Waals surface area (Å²) in [5.41, 5.74) is 0.835. The molecular formula is C18H16F2N2O2S. The molecular weight excluding hydrogens is 346 g/mol. The summed E-state index contributed by atoms with van der Waals surface area (Å²) in [6.45, 7) is 0. The highest BCUT2D eigenvalue weighted by molar-refractivity contribution is 7.93. The largest absolute Gasteiger partial charge is 0.377 e. The fourth-order valence-corrected chi connectivity index (χ4v) is 3.93. The second-order valence-corrected chi connectivity index (χ2v) is 7.41. The molecule has 0 radical (unpaired) electrons. The molecule has 0 heterocycles. The van der Waals surface area contributed by atoms with E-state index in [2.05, 4.69) is 4.72 Å². The van der Waals surface area contributed by atoms with E-state index in [1.54, 1.807) is 18.2 Å². The molecule has 0 aliphatic carbocycles. The molecule has 0 saturated heterocycles. The number of nitrogens with one attached hydrogen (secondary N) is 1. The lowest BCUT2D eigenvalue weighted by molar-refractivity contribution is 0.509. The second-order valence-electron chi connectivity index (χ2n) is 5.76. The van der Waals surface area contributed by atoms with Crippen molar-refractivity contribution in [3.05, 3.63) is 66.2 Å². The van der Waals surface area contributed by atoms with Gasteiger partial charge >= 0.3 is 0 Å². The molecule has 130 valence electrons. The highest BCUT2D eigenvalue weighted by atomic mass is 32.2. The lowest BCUT2D eigenvalue weighted by atomic mass is 10.1. The predicted molar refractivity (Wildman–Crippen MR) is 95.4 cm³/mol. The highest BCUT2D eigenvalue weighted by Gasteiger charge is 2.19. The number of hydrogen-bond acceptors (Lipinski definition) is 3. The second kappa shape index (κ2) is 6.33. The summed E-state index contributed by atoms with van der Waals surface area (Å²) in [6, 6.07) is 13.2. The van der Waals surface area contributed by atoms with E-state index in [0.717, 1.165) is 23.2 Å². The Bertz CT molecular complexity index is 1050. The van der Waals surface area contributed by atoms with Gasteiger partial charge in [-0.05, 0) is 24.3 Å². The summed E-state index contributed by atoms with van der Waals surface area (Å²) < 4.78 is 54.2. The summed E-state index contributed by atoms with van der Waals surface area (Å²) in [7, 11) is -0.229. The quantitative estimate of drug-likeness (QED) is 0.764. The first kappa shape index (κ1) is 17.2. The van der Waals surface area contributed by atoms with Gasteiger partial charge in [-0.1, -0.05) is 24.3 Å². The minimum atomic E-state index is -3.97. The van der Waals surface area contributed by atoms with E-state index in [4.69, 9.17) is 0 Å². The van der Waals surface area contributed by atoms with Gasteiger partial charge in [-0.3, -0.25) is 4.72 Å². The maximum absolute atomic E-state index is 13.3. The first-order chi connectivity index (χ1) is 11.8. The fourth-order valence-electron chi connectivity index (χ4n) is 2.66. The number of rotatable bonds is 4. The Kier molecular flexibility index (Phi) is 4.34. The maximum atomic E-state index is 13.3. The van der Waals surface area contributed by atoms with Gasteiger partial charge in [0.15, 0.2) is 11.6 Å². The first-order valence-electron chi connectivity index (χ1n) is 7.46. The van der Waals surface area contributed by atoms with Crippen molar-refractivity contribution in [2.75, 3.05) is 23.7 Å². The lowest BCUT2D eigenvalue weighted by Gasteiger charge is -2.17. The van der Waals surface area contributed by atoms with Crippen molar-refractivity contribution < 1.29 is 17.2 Å². The summed E-state index contributed by atoms with van der Waals surface area (Å²) in [5.74, 6) is -2.16. The van der Waals surface area contributed by atoms with Crippen LogP contribution in [0, 0.1) is 11.6 Å². The van der Waals surface area contributed by atoms with Gasteiger partial charge in [-0.15, -0.1) is 0 Å². The van der Waals surface area contributed by atoms with E-state index in [1.807, 2.05) is 31.1 Å². The molecule has 0 aliphatic rings. The summed E-state index contributed by atoms with van der Waals surface area (Å²) in [4.78, 5) is 1.96. The van der Waals surface area contributed by atoms with Gasteiger partial charge in [0.25, 0.3) is 10.0 Å². The van der Waals surface area contributed by atoms with Crippen LogP contribution in [0.25, 0.3) is 10.8 Å². The average molecular weight is 362 g/mol. The van der Waals surface area contributed by atoms with Gasteiger partial charge < -0.3 is 4.90 Å². The molecule has 0 bridgehead atoms. The molecule has 0 unspecified atom stereocenters. The smallest absolute Gasteiger partial charge is 0.262 e. The molecule has 0 atom stereocenters. The molecule has 0 fully saturated rings. The van der Waals surface area contributed by atoms with Gasteiger partial charge in [-0.2, -0.15) is 0 Å². The van der Waals surface area contributed by atoms with Crippen LogP contribution in [0.15, 0.2) is 59.5 Å². The molecule has 0 aromatic heterocycles. The number of benzene rings is 3. The number of hydrogen-bond donors (Lipinski definition) is 1. The van der Waals surface area contributed by atoms with Crippen molar-refractivity contribution in [3.8, 4) is 0 Å². The van der Waals surface area contributed by atoms with Crippen LogP contribution in [0.4, 0.5) is 20.2 Å². The third kappa shape index (κ3) is 3.28. The number of anilines is 2. The number of halogens is 2. The molecule has 0 spiro atoms. The number of fused-ring (bicyclic) bond motifs is 1. The zero-order valence-electron chi connectivity index (χ0n) is 13.6. The van der Waals surface area contributed by atoms with Gasteiger partial charge in [0.05, 0.1) is 10.6 Å². The Morgan fingerprint density at radius 2 is 1.56 bits per heavy atom. The van der Waals surface area contributed by atoms with Crippen molar-refractivity contribution in [1.82, 2.24) is 0 Å². The van der Waals surface area contributed by atoms with Gasteiger partial charge in [0, 0.05) is 36.6 Å². The molecule has 3 aromatic carbocycles. The summed E-state index contributed by atoms with van der Waals surface area (Å²) >= 11 is 0. The van der Waals surface area contributed by atoms with E-state index in [1.165, 1.54) is 12.1 Å². The zero-order valence-corrected chi connectivity index (χ0v) is 14.4. The first-order valence-corrected chi connectivity index (χ1v) is 8.95. The molecule has 0 aliphatic heterocycles. The van der Waals surface area contributed by atoms with E-state index < -0.39 is 21.7 Å². The number of nitrogens with zero attached hydrogens (tertiary/aromatic N) is 1. The molecule has 1 N–H and O–H groups in total. The van der Waals surface area contributed by atoms with E-state index in [-0.39, 0.29) is 10.6 Å². The van der Waals surface area contributed by atoms with Crippen LogP contribution in [0.5, 0.6) is 0 Å². The Morgan fingerprint density at radius 1 is 0.880 bits per heavy atom. The molecule has 3 rings (SSSR count). The van der Waals surface area contributed by atoms with Gasteiger partial charge in [-0.25, -0.2) is 17.2 Å². The molecule has 0 amide bonds. The maximum Gasteiger partial charge on any atom is 0.262 e. The average Bonchev–Trinajstić information content (AvgIpc) is 2.56. The van der Waals surface area contributed by atoms with E-state index >= 15 is 0 Å². The van der Waals surface area contributed by atoms with E-state index in [9.17, 15) is 17.2 Å². The van der Waals surface area contributed by atoms with Gasteiger partial charge in [0.2, 0.25) is 0 Å². The van der Waals surface area contributed by atoms with Crippen LogP contribution >= 0.6 is 0 Å². The van der Waals surface area contributed by atoms with Crippen molar-refractivity contribution in [1.29, 1.82) is 0 Å². The van der Waals surface area contributed by atoms with E-state index in [0.29, 0.717) is 5.39 Å². The summed E-state index contributed by atoms with van der Waals surface area (Å²) in [5, 5.41) is 1.32. The monoisotopic (exact) mass is 362 g/mol. The highest BCUT2D eigenvalue weighted by Crippen LogP contribution is 2.31. The summed E-state index contributed by atoms with van der Waals surface area (Å²) in [6.07, 6.45) is 0. The van der Waals surface area contributed by atoms with Crippen LogP contribution in [-0.2, 0) is 10.0 Å². The van der Waals surface area contributed by atoms with Crippen LogP contribution in [0.1, 0.15) is 0 Å². The normalized spacial score (nSPS) is 11.5. The third-order valence-electron chi connectivity index (χ3n) is 3.80. The van der Waals surface area contributed by atoms with Crippen molar-refractivity contribution in [2.24, 2.45) is 0 Å². The fraction of sp³-hybridized carbons (Fsp3) is 0.111. The van der Waals surface area contributed by atoms with Gasteiger partial charge in [0.1, 0.15) is 0 Å². The lowest BCUT2D eigenvalue weighted by Crippen LogP contribution is -2.14. The Morgan fingerprint density at radius 3 is 2.24 bits per heavy atom. The predicted octanol–water partition coefficient (Wildman–Crippen LogP) is 3.98. The third-order valence-corrected chi connectivity index (χ3v) is 5.24. The number of sulfonamides is 1. The standard InChI is InChI=1S/C18H16F2N2O2S/c1-22(2)17-7-3-6-14-13(17)5-4-8-18(14)25(23,24)21-12-9-10-15(19)16(20)11-12/h3-11,21H,1-2H3. The molecule has 0 saturated carbocycles. The minimum Gasteiger partial charge on any atom is -0.377 e. The Labute approximate surface area is 144 Å². The van der Waals surface area contributed by atoms with Crippen molar-refractivity contribution in [3.63, 3.8) is 0 Å². The van der Waals surface area contributed by atoms with Crippen LogP contribution in [0.3, 0.4) is 0 Å². The zero-order chi connectivity index (χ0) is 18.2. The Hall–Kier alpha value is -2.67. The van der Waals surface area contributed by atoms with Crippen molar-refractivity contribution >= 4 is 32.2 Å². The molecule has 7 heteroatoms.